The van der Waals surface area contributed by atoms with Gasteiger partial charge in [0.15, 0.2) is 11.5 Å². The third kappa shape index (κ3) is 3.88. The molecule has 22 heavy (non-hydrogen) atoms. The van der Waals surface area contributed by atoms with Gasteiger partial charge >= 0.3 is 5.97 Å². The number of fused-ring (bicyclic) bond motifs is 1. The highest BCUT2D eigenvalue weighted by atomic mass is 16.7. The molecule has 0 spiro atoms. The van der Waals surface area contributed by atoms with Gasteiger partial charge in [0.1, 0.15) is 0 Å². The molecule has 0 aliphatic carbocycles. The van der Waals surface area contributed by atoms with E-state index in [-0.39, 0.29) is 19.2 Å². The van der Waals surface area contributed by atoms with Crippen molar-refractivity contribution in [3.63, 3.8) is 0 Å². The average Bonchev–Trinajstić information content (AvgIpc) is 2.93. The molecule has 2 N–H and O–H groups in total. The first-order valence-electron chi connectivity index (χ1n) is 7.17. The van der Waals surface area contributed by atoms with Gasteiger partial charge in [-0.05, 0) is 32.0 Å². The van der Waals surface area contributed by atoms with Crippen molar-refractivity contribution in [2.45, 2.75) is 26.3 Å². The summed E-state index contributed by atoms with van der Waals surface area (Å²) in [5.41, 5.74) is 0.591. The monoisotopic (exact) mass is 308 g/mol. The Morgan fingerprint density at radius 3 is 2.77 bits per heavy atom. The number of rotatable bonds is 7. The molecule has 0 saturated heterocycles. The summed E-state index contributed by atoms with van der Waals surface area (Å²) >= 11 is 0. The number of hydrogen-bond donors (Lipinski definition) is 2. The minimum absolute atomic E-state index is 0.163. The molecule has 1 aromatic carbocycles. The molecule has 7 nitrogen and oxygen atoms in total. The van der Waals surface area contributed by atoms with Crippen molar-refractivity contribution in [3.8, 4) is 11.5 Å². The predicted molar refractivity (Wildman–Crippen MR) is 80.2 cm³/mol. The third-order valence-electron chi connectivity index (χ3n) is 3.42. The van der Waals surface area contributed by atoms with Crippen LogP contribution in [0.15, 0.2) is 18.2 Å². The summed E-state index contributed by atoms with van der Waals surface area (Å²) in [5, 5.41) is 11.7. The zero-order chi connectivity index (χ0) is 16.1. The van der Waals surface area contributed by atoms with E-state index in [1.54, 1.807) is 30.0 Å². The zero-order valence-electron chi connectivity index (χ0n) is 12.7. The van der Waals surface area contributed by atoms with Gasteiger partial charge in [-0.2, -0.15) is 0 Å². The Bertz CT molecular complexity index is 561. The highest BCUT2D eigenvalue weighted by Crippen LogP contribution is 2.34. The van der Waals surface area contributed by atoms with Gasteiger partial charge in [-0.15, -0.1) is 0 Å². The first-order valence-corrected chi connectivity index (χ1v) is 7.17. The van der Waals surface area contributed by atoms with Crippen molar-refractivity contribution < 1.29 is 24.2 Å². The summed E-state index contributed by atoms with van der Waals surface area (Å²) in [7, 11) is 0. The molecule has 0 fully saturated rings. The van der Waals surface area contributed by atoms with Crippen molar-refractivity contribution in [2.75, 3.05) is 25.2 Å². The number of nitrogens with one attached hydrogen (secondary N) is 1. The summed E-state index contributed by atoms with van der Waals surface area (Å²) in [4.78, 5) is 24.8. The SMILES string of the molecule is CCCN(CC(=O)O)C(C)C(=O)Nc1ccc2c(c1)OCO2. The van der Waals surface area contributed by atoms with E-state index in [9.17, 15) is 9.59 Å². The second kappa shape index (κ2) is 7.13. The minimum atomic E-state index is -0.948. The van der Waals surface area contributed by atoms with E-state index in [1.807, 2.05) is 6.92 Å². The van der Waals surface area contributed by atoms with Crippen molar-refractivity contribution in [1.82, 2.24) is 4.90 Å². The van der Waals surface area contributed by atoms with E-state index >= 15 is 0 Å². The van der Waals surface area contributed by atoms with Gasteiger partial charge in [0, 0.05) is 11.8 Å². The summed E-state index contributed by atoms with van der Waals surface area (Å²) < 4.78 is 10.5. The lowest BCUT2D eigenvalue weighted by Crippen LogP contribution is -2.44. The number of carboxylic acids is 1. The highest BCUT2D eigenvalue weighted by molar-refractivity contribution is 5.95. The van der Waals surface area contributed by atoms with Gasteiger partial charge in [0.2, 0.25) is 12.7 Å². The highest BCUT2D eigenvalue weighted by Gasteiger charge is 2.23. The van der Waals surface area contributed by atoms with Gasteiger partial charge < -0.3 is 19.9 Å². The molecule has 120 valence electrons. The molecule has 0 bridgehead atoms. The van der Waals surface area contributed by atoms with E-state index in [0.29, 0.717) is 23.7 Å². The zero-order valence-corrected chi connectivity index (χ0v) is 12.7. The Morgan fingerprint density at radius 1 is 1.36 bits per heavy atom. The minimum Gasteiger partial charge on any atom is -0.480 e. The quantitative estimate of drug-likeness (QED) is 0.794. The molecule has 0 saturated carbocycles. The van der Waals surface area contributed by atoms with Crippen molar-refractivity contribution >= 4 is 17.6 Å². The number of carboxylic acid groups (broad SMARTS) is 1. The van der Waals surface area contributed by atoms with Gasteiger partial charge in [-0.25, -0.2) is 0 Å². The van der Waals surface area contributed by atoms with Crippen molar-refractivity contribution in [1.29, 1.82) is 0 Å². The smallest absolute Gasteiger partial charge is 0.317 e. The summed E-state index contributed by atoms with van der Waals surface area (Å²) in [6.45, 7) is 4.19. The number of carbonyl (C=O) groups is 2. The molecule has 0 radical (unpaired) electrons. The van der Waals surface area contributed by atoms with Crippen LogP contribution in [0.3, 0.4) is 0 Å². The van der Waals surface area contributed by atoms with Crippen LogP contribution in [0, 0.1) is 0 Å². The van der Waals surface area contributed by atoms with Crippen LogP contribution in [-0.4, -0.2) is 47.8 Å². The van der Waals surface area contributed by atoms with E-state index in [0.717, 1.165) is 6.42 Å². The fourth-order valence-electron chi connectivity index (χ4n) is 2.26. The number of benzene rings is 1. The van der Waals surface area contributed by atoms with Crippen LogP contribution < -0.4 is 14.8 Å². The maximum Gasteiger partial charge on any atom is 0.317 e. The van der Waals surface area contributed by atoms with E-state index in [4.69, 9.17) is 14.6 Å². The number of hydrogen-bond acceptors (Lipinski definition) is 5. The van der Waals surface area contributed by atoms with Crippen molar-refractivity contribution in [3.05, 3.63) is 18.2 Å². The van der Waals surface area contributed by atoms with Crippen LogP contribution in [0.4, 0.5) is 5.69 Å². The Labute approximate surface area is 128 Å². The number of anilines is 1. The van der Waals surface area contributed by atoms with Gasteiger partial charge in [0.05, 0.1) is 12.6 Å². The van der Waals surface area contributed by atoms with E-state index < -0.39 is 12.0 Å². The molecule has 7 heteroatoms. The lowest BCUT2D eigenvalue weighted by atomic mass is 10.2. The molecule has 1 unspecified atom stereocenters. The van der Waals surface area contributed by atoms with Crippen LogP contribution in [-0.2, 0) is 9.59 Å². The van der Waals surface area contributed by atoms with Gasteiger partial charge in [-0.3, -0.25) is 14.5 Å². The average molecular weight is 308 g/mol. The normalized spacial score (nSPS) is 14.0. The molecule has 1 aliphatic rings. The third-order valence-corrected chi connectivity index (χ3v) is 3.42. The number of carbonyl (C=O) groups excluding carboxylic acids is 1. The summed E-state index contributed by atoms with van der Waals surface area (Å²) in [6.07, 6.45) is 0.773. The summed E-state index contributed by atoms with van der Waals surface area (Å²) in [5.74, 6) is 0.0238. The molecule has 0 aromatic heterocycles. The Balaban J connectivity index is 2.01. The molecular weight excluding hydrogens is 288 g/mol. The predicted octanol–water partition coefficient (Wildman–Crippen LogP) is 1.54. The number of aliphatic carboxylic acids is 1. The van der Waals surface area contributed by atoms with Crippen LogP contribution in [0.5, 0.6) is 11.5 Å². The Hall–Kier alpha value is -2.28. The van der Waals surface area contributed by atoms with Gasteiger partial charge in [0.25, 0.3) is 0 Å². The number of nitrogens with zero attached hydrogens (tertiary/aromatic N) is 1. The largest absolute Gasteiger partial charge is 0.480 e. The maximum atomic E-state index is 12.3. The fourth-order valence-corrected chi connectivity index (χ4v) is 2.26. The molecule has 1 aliphatic heterocycles. The number of amides is 1. The molecule has 2 rings (SSSR count). The molecular formula is C15H20N2O5. The second-order valence-electron chi connectivity index (χ2n) is 5.10. The molecule has 1 aromatic rings. The van der Waals surface area contributed by atoms with E-state index in [1.165, 1.54) is 0 Å². The first kappa shape index (κ1) is 16.1. The fraction of sp³-hybridized carbons (Fsp3) is 0.467. The van der Waals surface area contributed by atoms with Crippen LogP contribution in [0.25, 0.3) is 0 Å². The molecule has 1 heterocycles. The van der Waals surface area contributed by atoms with Crippen molar-refractivity contribution in [2.24, 2.45) is 0 Å². The lowest BCUT2D eigenvalue weighted by molar-refractivity contribution is -0.139. The topological polar surface area (TPSA) is 88.1 Å². The Kier molecular flexibility index (Phi) is 5.21. The van der Waals surface area contributed by atoms with E-state index in [2.05, 4.69) is 5.32 Å². The number of ether oxygens (including phenoxy) is 2. The van der Waals surface area contributed by atoms with Gasteiger partial charge in [-0.1, -0.05) is 6.92 Å². The first-order chi connectivity index (χ1) is 10.5. The lowest BCUT2D eigenvalue weighted by Gasteiger charge is -2.26. The van der Waals surface area contributed by atoms with Crippen LogP contribution in [0.1, 0.15) is 20.3 Å². The molecule has 1 atom stereocenters. The summed E-state index contributed by atoms with van der Waals surface area (Å²) in [6, 6.07) is 4.60. The Morgan fingerprint density at radius 2 is 2.09 bits per heavy atom. The van der Waals surface area contributed by atoms with Crippen LogP contribution >= 0.6 is 0 Å². The second-order valence-corrected chi connectivity index (χ2v) is 5.10. The maximum absolute atomic E-state index is 12.3. The molecule has 1 amide bonds. The van der Waals surface area contributed by atoms with Crippen LogP contribution in [0.2, 0.25) is 0 Å². The standard InChI is InChI=1S/C15H20N2O5/c1-3-6-17(8-14(18)19)10(2)15(20)16-11-4-5-12-13(7-11)22-9-21-12/h4-5,7,10H,3,6,8-9H2,1-2H3,(H,16,20)(H,18,19).